The minimum Gasteiger partial charge on any atom is -0.359 e. The fourth-order valence-corrected chi connectivity index (χ4v) is 3.08. The first kappa shape index (κ1) is 17.8. The summed E-state index contributed by atoms with van der Waals surface area (Å²) >= 11 is 0. The Balaban J connectivity index is 1.76. The molecule has 0 aliphatic carbocycles. The molecule has 0 radical (unpaired) electrons. The van der Waals surface area contributed by atoms with E-state index in [9.17, 15) is 13.6 Å². The first-order chi connectivity index (χ1) is 13.4. The normalized spacial score (nSPS) is 12.3. The monoisotopic (exact) mass is 381 g/mol. The summed E-state index contributed by atoms with van der Waals surface area (Å²) in [6.45, 7) is 1.81. The second kappa shape index (κ2) is 6.88. The standard InChI is InChI=1S/C20H17F2N5O/c1-11(12-4-3-5-13(21)6-12)25-19-20(28)27(2)10-17(26-19)16-9-24-18-15(16)7-14(22)8-23-18/h3-11H,1-2H3,(H,23,24)(H,25,26)/t11-/m0/s1. The molecule has 142 valence electrons. The van der Waals surface area contributed by atoms with Crippen LogP contribution in [0.3, 0.4) is 0 Å². The lowest BCUT2D eigenvalue weighted by Gasteiger charge is -2.16. The average molecular weight is 381 g/mol. The lowest BCUT2D eigenvalue weighted by molar-refractivity contribution is 0.623. The molecular weight excluding hydrogens is 364 g/mol. The van der Waals surface area contributed by atoms with Crippen molar-refractivity contribution < 1.29 is 8.78 Å². The Hall–Kier alpha value is -3.55. The lowest BCUT2D eigenvalue weighted by atomic mass is 10.1. The van der Waals surface area contributed by atoms with Crippen molar-refractivity contribution in [3.63, 3.8) is 0 Å². The Morgan fingerprint density at radius 2 is 2.04 bits per heavy atom. The number of hydrogen-bond acceptors (Lipinski definition) is 4. The van der Waals surface area contributed by atoms with E-state index in [1.54, 1.807) is 31.6 Å². The van der Waals surface area contributed by atoms with Crippen LogP contribution < -0.4 is 10.9 Å². The molecule has 1 atom stereocenters. The molecule has 3 heterocycles. The van der Waals surface area contributed by atoms with Crippen molar-refractivity contribution >= 4 is 16.9 Å². The average Bonchev–Trinajstić information content (AvgIpc) is 3.08. The van der Waals surface area contributed by atoms with Crippen molar-refractivity contribution in [3.8, 4) is 11.3 Å². The summed E-state index contributed by atoms with van der Waals surface area (Å²) in [6, 6.07) is 7.16. The topological polar surface area (TPSA) is 75.6 Å². The number of pyridine rings is 1. The van der Waals surface area contributed by atoms with Crippen molar-refractivity contribution in [2.75, 3.05) is 5.32 Å². The fraction of sp³-hybridized carbons (Fsp3) is 0.150. The van der Waals surface area contributed by atoms with Gasteiger partial charge >= 0.3 is 0 Å². The highest BCUT2D eigenvalue weighted by Gasteiger charge is 2.15. The molecule has 0 saturated heterocycles. The number of hydrogen-bond donors (Lipinski definition) is 2. The van der Waals surface area contributed by atoms with Crippen molar-refractivity contribution in [1.29, 1.82) is 0 Å². The molecular formula is C20H17F2N5O. The summed E-state index contributed by atoms with van der Waals surface area (Å²) in [5.74, 6) is -0.694. The molecule has 0 spiro atoms. The molecule has 6 nitrogen and oxygen atoms in total. The molecule has 0 saturated carbocycles. The molecule has 1 aromatic carbocycles. The summed E-state index contributed by atoms with van der Waals surface area (Å²) in [4.78, 5) is 23.9. The molecule has 0 bridgehead atoms. The largest absolute Gasteiger partial charge is 0.359 e. The molecule has 28 heavy (non-hydrogen) atoms. The van der Waals surface area contributed by atoms with Crippen LogP contribution in [0.15, 0.2) is 53.7 Å². The van der Waals surface area contributed by atoms with Gasteiger partial charge in [-0.25, -0.2) is 18.7 Å². The van der Waals surface area contributed by atoms with E-state index in [1.807, 2.05) is 6.92 Å². The summed E-state index contributed by atoms with van der Waals surface area (Å²) in [7, 11) is 1.61. The summed E-state index contributed by atoms with van der Waals surface area (Å²) in [6.07, 6.45) is 4.38. The van der Waals surface area contributed by atoms with Crippen LogP contribution in [0.4, 0.5) is 14.6 Å². The molecule has 0 unspecified atom stereocenters. The quantitative estimate of drug-likeness (QED) is 0.564. The van der Waals surface area contributed by atoms with Crippen LogP contribution in [-0.4, -0.2) is 19.5 Å². The van der Waals surface area contributed by atoms with Gasteiger partial charge in [0, 0.05) is 30.4 Å². The van der Waals surface area contributed by atoms with Gasteiger partial charge in [-0.2, -0.15) is 0 Å². The molecule has 4 rings (SSSR count). The zero-order chi connectivity index (χ0) is 19.8. The Kier molecular flexibility index (Phi) is 4.38. The SMILES string of the molecule is C[C@H](Nc1nc(-c2c[nH]c3ncc(F)cc23)cn(C)c1=O)c1cccc(F)c1. The second-order valence-electron chi connectivity index (χ2n) is 6.56. The van der Waals surface area contributed by atoms with Crippen LogP contribution in [0.25, 0.3) is 22.3 Å². The third kappa shape index (κ3) is 3.24. The Morgan fingerprint density at radius 1 is 1.21 bits per heavy atom. The van der Waals surface area contributed by atoms with Crippen LogP contribution >= 0.6 is 0 Å². The zero-order valence-electron chi connectivity index (χ0n) is 15.2. The molecule has 0 fully saturated rings. The van der Waals surface area contributed by atoms with Crippen molar-refractivity contribution in [2.45, 2.75) is 13.0 Å². The van der Waals surface area contributed by atoms with Gasteiger partial charge in [0.2, 0.25) is 0 Å². The van der Waals surface area contributed by atoms with Gasteiger partial charge in [0.15, 0.2) is 5.82 Å². The van der Waals surface area contributed by atoms with Crippen LogP contribution in [0.1, 0.15) is 18.5 Å². The number of halogens is 2. The Labute approximate surface area is 158 Å². The minimum absolute atomic E-state index is 0.121. The number of rotatable bonds is 4. The number of benzene rings is 1. The first-order valence-corrected chi connectivity index (χ1v) is 8.65. The predicted molar refractivity (Wildman–Crippen MR) is 103 cm³/mol. The number of nitrogens with one attached hydrogen (secondary N) is 2. The van der Waals surface area contributed by atoms with Crippen LogP contribution in [0.5, 0.6) is 0 Å². The van der Waals surface area contributed by atoms with Gasteiger partial charge < -0.3 is 14.9 Å². The molecule has 4 aromatic rings. The molecule has 2 N–H and O–H groups in total. The summed E-state index contributed by atoms with van der Waals surface area (Å²) < 4.78 is 28.5. The Morgan fingerprint density at radius 3 is 2.82 bits per heavy atom. The number of H-pyrrole nitrogens is 1. The van der Waals surface area contributed by atoms with E-state index in [0.717, 1.165) is 6.20 Å². The first-order valence-electron chi connectivity index (χ1n) is 8.65. The van der Waals surface area contributed by atoms with Gasteiger partial charge in [-0.05, 0) is 30.7 Å². The number of anilines is 1. The van der Waals surface area contributed by atoms with E-state index in [0.29, 0.717) is 27.9 Å². The maximum absolute atomic E-state index is 13.6. The summed E-state index contributed by atoms with van der Waals surface area (Å²) in [5.41, 5.74) is 1.99. The highest BCUT2D eigenvalue weighted by Crippen LogP contribution is 2.27. The second-order valence-corrected chi connectivity index (χ2v) is 6.56. The lowest BCUT2D eigenvalue weighted by Crippen LogP contribution is -2.24. The number of nitrogens with zero attached hydrogens (tertiary/aromatic N) is 3. The number of aryl methyl sites for hydroxylation is 1. The van der Waals surface area contributed by atoms with Crippen molar-refractivity contribution in [2.24, 2.45) is 7.05 Å². The molecule has 3 aromatic heterocycles. The van der Waals surface area contributed by atoms with E-state index < -0.39 is 5.82 Å². The molecule has 0 amide bonds. The van der Waals surface area contributed by atoms with Crippen LogP contribution in [0.2, 0.25) is 0 Å². The van der Waals surface area contributed by atoms with E-state index in [4.69, 9.17) is 0 Å². The van der Waals surface area contributed by atoms with Gasteiger partial charge in [-0.1, -0.05) is 12.1 Å². The third-order valence-electron chi connectivity index (χ3n) is 4.55. The molecule has 0 aliphatic rings. The highest BCUT2D eigenvalue weighted by atomic mass is 19.1. The van der Waals surface area contributed by atoms with E-state index >= 15 is 0 Å². The van der Waals surface area contributed by atoms with Gasteiger partial charge in [0.1, 0.15) is 17.3 Å². The van der Waals surface area contributed by atoms with E-state index in [2.05, 4.69) is 20.3 Å². The van der Waals surface area contributed by atoms with Crippen LogP contribution in [-0.2, 0) is 7.05 Å². The minimum atomic E-state index is -0.462. The molecule has 8 heteroatoms. The number of aromatic amines is 1. The van der Waals surface area contributed by atoms with Crippen molar-refractivity contribution in [1.82, 2.24) is 19.5 Å². The number of fused-ring (bicyclic) bond motifs is 1. The van der Waals surface area contributed by atoms with Crippen molar-refractivity contribution in [3.05, 3.63) is 76.5 Å². The maximum Gasteiger partial charge on any atom is 0.293 e. The summed E-state index contributed by atoms with van der Waals surface area (Å²) in [5, 5.41) is 3.61. The zero-order valence-corrected chi connectivity index (χ0v) is 15.2. The van der Waals surface area contributed by atoms with Gasteiger partial charge in [0.05, 0.1) is 17.9 Å². The van der Waals surface area contributed by atoms with Crippen LogP contribution in [0, 0.1) is 11.6 Å². The van der Waals surface area contributed by atoms with Gasteiger partial charge in [0.25, 0.3) is 5.56 Å². The number of aromatic nitrogens is 4. The van der Waals surface area contributed by atoms with E-state index in [-0.39, 0.29) is 23.2 Å². The Bertz CT molecular complexity index is 1230. The van der Waals surface area contributed by atoms with E-state index in [1.165, 1.54) is 22.8 Å². The third-order valence-corrected chi connectivity index (χ3v) is 4.55. The smallest absolute Gasteiger partial charge is 0.293 e. The van der Waals surface area contributed by atoms with Gasteiger partial charge in [-0.15, -0.1) is 0 Å². The van der Waals surface area contributed by atoms with Gasteiger partial charge in [-0.3, -0.25) is 4.79 Å². The fourth-order valence-electron chi connectivity index (χ4n) is 3.08. The maximum atomic E-state index is 13.6. The molecule has 0 aliphatic heterocycles. The highest BCUT2D eigenvalue weighted by molar-refractivity contribution is 5.92. The predicted octanol–water partition coefficient (Wildman–Crippen LogP) is 3.77.